The minimum absolute atomic E-state index is 0. The van der Waals surface area contributed by atoms with Crippen LogP contribution in [-0.2, 0) is 16.1 Å². The lowest BCUT2D eigenvalue weighted by molar-refractivity contribution is -0.124. The Balaban J connectivity index is 0.00000264. The van der Waals surface area contributed by atoms with Crippen LogP contribution in [0, 0.1) is 5.92 Å². The molecule has 1 fully saturated rings. The fourth-order valence-electron chi connectivity index (χ4n) is 2.46. The highest BCUT2D eigenvalue weighted by Crippen LogP contribution is 2.18. The number of benzene rings is 1. The predicted molar refractivity (Wildman–Crippen MR) is 89.6 cm³/mol. The van der Waals surface area contributed by atoms with Crippen molar-refractivity contribution in [1.29, 1.82) is 0 Å². The van der Waals surface area contributed by atoms with E-state index in [0.29, 0.717) is 25.5 Å². The Bertz CT molecular complexity index is 464. The topological polar surface area (TPSA) is 93.8 Å². The first-order valence-electron chi connectivity index (χ1n) is 7.64. The summed E-state index contributed by atoms with van der Waals surface area (Å²) in [6, 6.07) is 6.92. The number of amides is 1. The van der Waals surface area contributed by atoms with Crippen LogP contribution in [0.15, 0.2) is 24.3 Å². The lowest BCUT2D eigenvalue weighted by Crippen LogP contribution is -2.46. The van der Waals surface area contributed by atoms with Gasteiger partial charge >= 0.3 is 0 Å². The molecule has 1 aromatic carbocycles. The van der Waals surface area contributed by atoms with Crippen molar-refractivity contribution in [2.45, 2.75) is 25.4 Å². The minimum Gasteiger partial charge on any atom is -0.491 e. The molecule has 1 aliphatic rings. The minimum atomic E-state index is -0.476. The van der Waals surface area contributed by atoms with Crippen molar-refractivity contribution in [3.63, 3.8) is 0 Å². The van der Waals surface area contributed by atoms with E-state index in [1.807, 2.05) is 24.3 Å². The molecule has 23 heavy (non-hydrogen) atoms. The number of aliphatic hydroxyl groups is 1. The standard InChI is InChI=1S/C16H24N2O4.ClH/c17-15(13-5-8-21-9-6-13)16(20)18-11-12-1-3-14(4-2-12)22-10-7-19;/h1-4,13,15,19H,5-11,17H2,(H,18,20);1H. The molecule has 0 bridgehead atoms. The molecule has 1 atom stereocenters. The summed E-state index contributed by atoms with van der Waals surface area (Å²) < 4.78 is 10.6. The van der Waals surface area contributed by atoms with Gasteiger partial charge in [0, 0.05) is 19.8 Å². The zero-order chi connectivity index (χ0) is 15.8. The van der Waals surface area contributed by atoms with E-state index in [0.717, 1.165) is 18.4 Å². The molecule has 0 aliphatic carbocycles. The molecular weight excluding hydrogens is 320 g/mol. The molecule has 1 heterocycles. The molecule has 7 heteroatoms. The first kappa shape index (κ1) is 19.7. The smallest absolute Gasteiger partial charge is 0.237 e. The monoisotopic (exact) mass is 344 g/mol. The highest BCUT2D eigenvalue weighted by molar-refractivity contribution is 5.85. The van der Waals surface area contributed by atoms with E-state index in [1.54, 1.807) is 0 Å². The van der Waals surface area contributed by atoms with Gasteiger partial charge in [-0.1, -0.05) is 12.1 Å². The summed E-state index contributed by atoms with van der Waals surface area (Å²) in [6.07, 6.45) is 1.68. The number of halogens is 1. The maximum absolute atomic E-state index is 12.1. The fraction of sp³-hybridized carbons (Fsp3) is 0.562. The third-order valence-electron chi connectivity index (χ3n) is 3.83. The number of carbonyl (C=O) groups excluding carboxylic acids is 1. The second-order valence-corrected chi connectivity index (χ2v) is 5.41. The Morgan fingerprint density at radius 2 is 2.00 bits per heavy atom. The van der Waals surface area contributed by atoms with Crippen molar-refractivity contribution in [2.24, 2.45) is 11.7 Å². The second-order valence-electron chi connectivity index (χ2n) is 5.41. The van der Waals surface area contributed by atoms with Crippen molar-refractivity contribution >= 4 is 18.3 Å². The third kappa shape index (κ3) is 6.35. The van der Waals surface area contributed by atoms with Gasteiger partial charge in [-0.05, 0) is 36.5 Å². The maximum Gasteiger partial charge on any atom is 0.237 e. The highest BCUT2D eigenvalue weighted by Gasteiger charge is 2.26. The van der Waals surface area contributed by atoms with E-state index in [2.05, 4.69) is 5.32 Å². The largest absolute Gasteiger partial charge is 0.491 e. The van der Waals surface area contributed by atoms with E-state index in [1.165, 1.54) is 0 Å². The van der Waals surface area contributed by atoms with E-state index in [9.17, 15) is 4.79 Å². The summed E-state index contributed by atoms with van der Waals surface area (Å²) in [5, 5.41) is 11.6. The number of rotatable bonds is 7. The van der Waals surface area contributed by atoms with Gasteiger partial charge in [0.05, 0.1) is 12.6 Å². The lowest BCUT2D eigenvalue weighted by atomic mass is 9.92. The van der Waals surface area contributed by atoms with Gasteiger partial charge in [0.25, 0.3) is 0 Å². The van der Waals surface area contributed by atoms with E-state index in [-0.39, 0.29) is 37.4 Å². The molecule has 1 unspecified atom stereocenters. The quantitative estimate of drug-likeness (QED) is 0.681. The molecule has 1 aromatic rings. The molecule has 130 valence electrons. The van der Waals surface area contributed by atoms with Crippen LogP contribution in [0.5, 0.6) is 5.75 Å². The number of carbonyl (C=O) groups is 1. The Labute approximate surface area is 142 Å². The van der Waals surface area contributed by atoms with Crippen molar-refractivity contribution in [3.8, 4) is 5.75 Å². The van der Waals surface area contributed by atoms with Gasteiger partial charge in [0.1, 0.15) is 12.4 Å². The average Bonchev–Trinajstić information content (AvgIpc) is 2.58. The molecule has 1 saturated heterocycles. The number of nitrogens with one attached hydrogen (secondary N) is 1. The zero-order valence-electron chi connectivity index (χ0n) is 13.1. The number of ether oxygens (including phenoxy) is 2. The van der Waals surface area contributed by atoms with E-state index < -0.39 is 6.04 Å². The predicted octanol–water partition coefficient (Wildman–Crippen LogP) is 0.850. The van der Waals surface area contributed by atoms with E-state index in [4.69, 9.17) is 20.3 Å². The molecule has 0 saturated carbocycles. The number of hydrogen-bond donors (Lipinski definition) is 3. The van der Waals surface area contributed by atoms with Gasteiger partial charge < -0.3 is 25.6 Å². The van der Waals surface area contributed by atoms with Crippen LogP contribution in [-0.4, -0.2) is 43.5 Å². The van der Waals surface area contributed by atoms with Crippen molar-refractivity contribution in [3.05, 3.63) is 29.8 Å². The first-order chi connectivity index (χ1) is 10.7. The second kappa shape index (κ2) is 10.4. The normalized spacial score (nSPS) is 16.3. The van der Waals surface area contributed by atoms with Crippen LogP contribution < -0.4 is 15.8 Å². The summed E-state index contributed by atoms with van der Waals surface area (Å²) in [6.45, 7) is 2.07. The summed E-state index contributed by atoms with van der Waals surface area (Å²) in [5.41, 5.74) is 7.00. The molecule has 1 aliphatic heterocycles. The molecule has 0 spiro atoms. The highest BCUT2D eigenvalue weighted by atomic mass is 35.5. The van der Waals surface area contributed by atoms with Crippen LogP contribution in [0.25, 0.3) is 0 Å². The Morgan fingerprint density at radius 1 is 1.35 bits per heavy atom. The van der Waals surface area contributed by atoms with Crippen LogP contribution in [0.3, 0.4) is 0 Å². The van der Waals surface area contributed by atoms with Crippen LogP contribution in [0.2, 0.25) is 0 Å². The molecular formula is C16H25ClN2O4. The van der Waals surface area contributed by atoms with Crippen molar-refractivity contribution < 1.29 is 19.4 Å². The summed E-state index contributed by atoms with van der Waals surface area (Å²) in [5.74, 6) is 0.776. The SMILES string of the molecule is Cl.NC(C(=O)NCc1ccc(OCCO)cc1)C1CCOCC1. The fourth-order valence-corrected chi connectivity index (χ4v) is 2.46. The molecule has 2 rings (SSSR count). The Hall–Kier alpha value is -1.34. The molecule has 0 aromatic heterocycles. The average molecular weight is 345 g/mol. The number of hydrogen-bond acceptors (Lipinski definition) is 5. The van der Waals surface area contributed by atoms with Crippen molar-refractivity contribution in [1.82, 2.24) is 5.32 Å². The molecule has 6 nitrogen and oxygen atoms in total. The third-order valence-corrected chi connectivity index (χ3v) is 3.83. The number of aliphatic hydroxyl groups excluding tert-OH is 1. The Kier molecular flexibility index (Phi) is 8.94. The van der Waals surface area contributed by atoms with Gasteiger partial charge in [-0.2, -0.15) is 0 Å². The van der Waals surface area contributed by atoms with Gasteiger partial charge in [-0.3, -0.25) is 4.79 Å². The van der Waals surface area contributed by atoms with Crippen LogP contribution >= 0.6 is 12.4 Å². The first-order valence-corrected chi connectivity index (χ1v) is 7.64. The van der Waals surface area contributed by atoms with Crippen molar-refractivity contribution in [2.75, 3.05) is 26.4 Å². The number of nitrogens with two attached hydrogens (primary N) is 1. The lowest BCUT2D eigenvalue weighted by Gasteiger charge is -2.26. The van der Waals surface area contributed by atoms with E-state index >= 15 is 0 Å². The zero-order valence-corrected chi connectivity index (χ0v) is 13.9. The van der Waals surface area contributed by atoms with Gasteiger partial charge in [0.2, 0.25) is 5.91 Å². The van der Waals surface area contributed by atoms with Gasteiger partial charge in [-0.25, -0.2) is 0 Å². The Morgan fingerprint density at radius 3 is 2.61 bits per heavy atom. The summed E-state index contributed by atoms with van der Waals surface area (Å²) in [4.78, 5) is 12.1. The molecule has 0 radical (unpaired) electrons. The van der Waals surface area contributed by atoms with Crippen LogP contribution in [0.4, 0.5) is 0 Å². The molecule has 1 amide bonds. The van der Waals surface area contributed by atoms with Crippen LogP contribution in [0.1, 0.15) is 18.4 Å². The van der Waals surface area contributed by atoms with Gasteiger partial charge in [0.15, 0.2) is 0 Å². The van der Waals surface area contributed by atoms with Gasteiger partial charge in [-0.15, -0.1) is 12.4 Å². The molecule has 4 N–H and O–H groups in total. The summed E-state index contributed by atoms with van der Waals surface area (Å²) in [7, 11) is 0. The summed E-state index contributed by atoms with van der Waals surface area (Å²) >= 11 is 0. The maximum atomic E-state index is 12.1.